The SMILES string of the molecule is COC(=O)[C@@H]1C[C@H](O[N+](=O)[O-])[C@H](O[N+](=O)[O-])C1. The van der Waals surface area contributed by atoms with Crippen LogP contribution in [0.3, 0.4) is 0 Å². The molecule has 1 fully saturated rings. The number of esters is 1. The summed E-state index contributed by atoms with van der Waals surface area (Å²) < 4.78 is 4.45. The highest BCUT2D eigenvalue weighted by Gasteiger charge is 2.43. The monoisotopic (exact) mass is 250 g/mol. The van der Waals surface area contributed by atoms with Gasteiger partial charge >= 0.3 is 5.97 Å². The van der Waals surface area contributed by atoms with Gasteiger partial charge in [0.25, 0.3) is 10.2 Å². The summed E-state index contributed by atoms with van der Waals surface area (Å²) in [6, 6.07) is 0. The zero-order valence-electron chi connectivity index (χ0n) is 8.81. The molecule has 17 heavy (non-hydrogen) atoms. The Morgan fingerprint density at radius 2 is 1.53 bits per heavy atom. The molecule has 0 aromatic carbocycles. The van der Waals surface area contributed by atoms with Crippen LogP contribution in [-0.2, 0) is 19.2 Å². The Hall–Kier alpha value is -2.13. The molecule has 1 rings (SSSR count). The Morgan fingerprint density at radius 1 is 1.12 bits per heavy atom. The Labute approximate surface area is 94.6 Å². The molecule has 0 spiro atoms. The van der Waals surface area contributed by atoms with Gasteiger partial charge in [-0.2, -0.15) is 0 Å². The lowest BCUT2D eigenvalue weighted by Crippen LogP contribution is -2.30. The van der Waals surface area contributed by atoms with Crippen molar-refractivity contribution >= 4 is 5.97 Å². The largest absolute Gasteiger partial charge is 0.469 e. The van der Waals surface area contributed by atoms with E-state index in [2.05, 4.69) is 14.4 Å². The van der Waals surface area contributed by atoms with Crippen molar-refractivity contribution in [1.82, 2.24) is 0 Å². The third kappa shape index (κ3) is 3.43. The van der Waals surface area contributed by atoms with Crippen LogP contribution in [0.25, 0.3) is 0 Å². The van der Waals surface area contributed by atoms with Crippen molar-refractivity contribution in [2.75, 3.05) is 7.11 Å². The van der Waals surface area contributed by atoms with Crippen molar-refractivity contribution in [3.63, 3.8) is 0 Å². The van der Waals surface area contributed by atoms with Crippen LogP contribution < -0.4 is 0 Å². The first-order chi connectivity index (χ1) is 7.93. The van der Waals surface area contributed by atoms with E-state index in [9.17, 15) is 25.0 Å². The van der Waals surface area contributed by atoms with Gasteiger partial charge in [-0.1, -0.05) is 0 Å². The molecule has 0 unspecified atom stereocenters. The first kappa shape index (κ1) is 12.9. The second kappa shape index (κ2) is 5.27. The van der Waals surface area contributed by atoms with Gasteiger partial charge in [-0.05, 0) is 12.8 Å². The number of carbonyl (C=O) groups excluding carboxylic acids is 1. The van der Waals surface area contributed by atoms with E-state index in [4.69, 9.17) is 0 Å². The third-order valence-electron chi connectivity index (χ3n) is 2.43. The number of carbonyl (C=O) groups is 1. The summed E-state index contributed by atoms with van der Waals surface area (Å²) >= 11 is 0. The fraction of sp³-hybridized carbons (Fsp3) is 0.857. The molecule has 0 aliphatic heterocycles. The van der Waals surface area contributed by atoms with E-state index in [0.29, 0.717) is 0 Å². The average molecular weight is 250 g/mol. The predicted molar refractivity (Wildman–Crippen MR) is 48.5 cm³/mol. The van der Waals surface area contributed by atoms with Gasteiger partial charge in [0, 0.05) is 0 Å². The van der Waals surface area contributed by atoms with Crippen LogP contribution >= 0.6 is 0 Å². The van der Waals surface area contributed by atoms with E-state index in [-0.39, 0.29) is 12.8 Å². The minimum absolute atomic E-state index is 0.0494. The standard InChI is InChI=1S/C7H10N2O8/c1-15-7(10)4-2-5(16-8(11)12)6(3-4)17-9(13)14/h4-6H,2-3H2,1H3/t4-,5+,6-. The molecule has 0 heterocycles. The van der Waals surface area contributed by atoms with Crippen molar-refractivity contribution in [2.45, 2.75) is 25.0 Å². The predicted octanol–water partition coefficient (Wildman–Crippen LogP) is -0.277. The van der Waals surface area contributed by atoms with Gasteiger partial charge in [0.1, 0.15) is 12.2 Å². The summed E-state index contributed by atoms with van der Waals surface area (Å²) in [7, 11) is 1.16. The molecule has 1 saturated carbocycles. The van der Waals surface area contributed by atoms with Gasteiger partial charge in [-0.15, -0.1) is 20.2 Å². The van der Waals surface area contributed by atoms with E-state index >= 15 is 0 Å². The van der Waals surface area contributed by atoms with E-state index in [1.165, 1.54) is 0 Å². The highest BCUT2D eigenvalue weighted by atomic mass is 17.0. The maximum absolute atomic E-state index is 11.2. The minimum atomic E-state index is -1.14. The molecule has 1 aliphatic carbocycles. The van der Waals surface area contributed by atoms with Crippen molar-refractivity contribution in [2.24, 2.45) is 5.92 Å². The van der Waals surface area contributed by atoms with Crippen LogP contribution in [0.5, 0.6) is 0 Å². The quantitative estimate of drug-likeness (QED) is 0.370. The average Bonchev–Trinajstić information content (AvgIpc) is 2.58. The lowest BCUT2D eigenvalue weighted by atomic mass is 10.1. The van der Waals surface area contributed by atoms with Gasteiger partial charge in [0.05, 0.1) is 13.0 Å². The Morgan fingerprint density at radius 3 is 1.82 bits per heavy atom. The fourth-order valence-corrected chi connectivity index (χ4v) is 1.76. The van der Waals surface area contributed by atoms with Crippen molar-refractivity contribution in [3.8, 4) is 0 Å². The van der Waals surface area contributed by atoms with Crippen LogP contribution in [0.4, 0.5) is 0 Å². The number of hydrogen-bond donors (Lipinski definition) is 0. The molecule has 10 heteroatoms. The second-order valence-corrected chi connectivity index (χ2v) is 3.43. The molecule has 0 aromatic rings. The summed E-state index contributed by atoms with van der Waals surface area (Å²) in [5.74, 6) is -1.30. The van der Waals surface area contributed by atoms with Crippen LogP contribution in [0, 0.1) is 26.1 Å². The number of nitrogens with zero attached hydrogens (tertiary/aromatic N) is 2. The van der Waals surface area contributed by atoms with Crippen molar-refractivity contribution in [1.29, 1.82) is 0 Å². The molecule has 0 amide bonds. The molecule has 0 saturated heterocycles. The molecular formula is C7H10N2O8. The van der Waals surface area contributed by atoms with Crippen LogP contribution in [0.15, 0.2) is 0 Å². The molecule has 10 nitrogen and oxygen atoms in total. The van der Waals surface area contributed by atoms with E-state index in [0.717, 1.165) is 7.11 Å². The van der Waals surface area contributed by atoms with Crippen LogP contribution in [-0.4, -0.2) is 35.5 Å². The maximum atomic E-state index is 11.2. The molecule has 0 bridgehead atoms. The summed E-state index contributed by atoms with van der Waals surface area (Å²) in [5, 5.41) is 18.2. The first-order valence-electron chi connectivity index (χ1n) is 4.64. The Kier molecular flexibility index (Phi) is 4.01. The summed E-state index contributed by atoms with van der Waals surface area (Å²) in [4.78, 5) is 40.0. The van der Waals surface area contributed by atoms with E-state index in [1.54, 1.807) is 0 Å². The fourth-order valence-electron chi connectivity index (χ4n) is 1.76. The number of rotatable bonds is 5. The normalized spacial score (nSPS) is 27.2. The van der Waals surface area contributed by atoms with Gasteiger partial charge < -0.3 is 14.4 Å². The van der Waals surface area contributed by atoms with E-state index in [1.807, 2.05) is 0 Å². The lowest BCUT2D eigenvalue weighted by Gasteiger charge is -2.14. The van der Waals surface area contributed by atoms with Crippen molar-refractivity contribution in [3.05, 3.63) is 20.2 Å². The van der Waals surface area contributed by atoms with Gasteiger partial charge in [-0.3, -0.25) is 4.79 Å². The van der Waals surface area contributed by atoms with Gasteiger partial charge in [-0.25, -0.2) is 0 Å². The summed E-state index contributed by atoms with van der Waals surface area (Å²) in [5.41, 5.74) is 0. The highest BCUT2D eigenvalue weighted by molar-refractivity contribution is 5.72. The lowest BCUT2D eigenvalue weighted by molar-refractivity contribution is -0.797. The second-order valence-electron chi connectivity index (χ2n) is 3.43. The molecule has 0 N–H and O–H groups in total. The van der Waals surface area contributed by atoms with E-state index < -0.39 is 34.3 Å². The summed E-state index contributed by atoms with van der Waals surface area (Å²) in [6.07, 6.45) is -2.38. The van der Waals surface area contributed by atoms with Gasteiger partial charge in [0.2, 0.25) is 0 Å². The van der Waals surface area contributed by atoms with Gasteiger partial charge in [0.15, 0.2) is 0 Å². The van der Waals surface area contributed by atoms with Crippen LogP contribution in [0.1, 0.15) is 12.8 Å². The molecule has 1 aliphatic rings. The molecular weight excluding hydrogens is 240 g/mol. The maximum Gasteiger partial charge on any atom is 0.308 e. The smallest absolute Gasteiger partial charge is 0.308 e. The van der Waals surface area contributed by atoms with Crippen LogP contribution in [0.2, 0.25) is 0 Å². The molecule has 3 atom stereocenters. The molecule has 0 aromatic heterocycles. The Bertz CT molecular complexity index is 308. The third-order valence-corrected chi connectivity index (χ3v) is 2.43. The molecule has 96 valence electrons. The van der Waals surface area contributed by atoms with Crippen molar-refractivity contribution < 1.29 is 29.4 Å². The number of methoxy groups -OCH3 is 1. The molecule has 0 radical (unpaired) electrons. The zero-order chi connectivity index (χ0) is 13.0. The Balaban J connectivity index is 2.67. The number of ether oxygens (including phenoxy) is 1. The summed E-state index contributed by atoms with van der Waals surface area (Å²) in [6.45, 7) is 0. The highest BCUT2D eigenvalue weighted by Crippen LogP contribution is 2.31. The minimum Gasteiger partial charge on any atom is -0.469 e. The first-order valence-corrected chi connectivity index (χ1v) is 4.64. The topological polar surface area (TPSA) is 131 Å². The zero-order valence-corrected chi connectivity index (χ0v) is 8.81. The number of hydrogen-bond acceptors (Lipinski definition) is 8.